The van der Waals surface area contributed by atoms with Crippen molar-refractivity contribution < 1.29 is 4.74 Å². The first-order valence-electron chi connectivity index (χ1n) is 9.52. The van der Waals surface area contributed by atoms with Crippen LogP contribution in [0.1, 0.15) is 70.3 Å². The summed E-state index contributed by atoms with van der Waals surface area (Å²) in [5.74, 6) is 1.18. The molecule has 2 rings (SSSR count). The molecule has 140 valence electrons. The predicted molar refractivity (Wildman–Crippen MR) is 105 cm³/mol. The molecule has 0 fully saturated rings. The molecule has 4 nitrogen and oxygen atoms in total. The number of nitrogens with two attached hydrogens (primary N) is 2. The molecule has 0 aromatic carbocycles. The summed E-state index contributed by atoms with van der Waals surface area (Å²) in [4.78, 5) is 4.93. The minimum Gasteiger partial charge on any atom is -0.397 e. The van der Waals surface area contributed by atoms with Gasteiger partial charge in [0, 0.05) is 18.2 Å². The predicted octanol–water partition coefficient (Wildman–Crippen LogP) is 3.80. The molecule has 0 bridgehead atoms. The lowest BCUT2D eigenvalue weighted by molar-refractivity contribution is 0.00580. The van der Waals surface area contributed by atoms with Gasteiger partial charge >= 0.3 is 0 Å². The number of aromatic nitrogens is 1. The highest BCUT2D eigenvalue weighted by molar-refractivity contribution is 5.68. The molecule has 0 radical (unpaired) electrons. The molecule has 0 aliphatic heterocycles. The van der Waals surface area contributed by atoms with E-state index in [1.807, 2.05) is 0 Å². The molecular formula is C21H35N3O. The summed E-state index contributed by atoms with van der Waals surface area (Å²) < 4.78 is 5.96. The number of fused-ring (bicyclic) bond motifs is 1. The van der Waals surface area contributed by atoms with Gasteiger partial charge in [-0.15, -0.1) is 0 Å². The van der Waals surface area contributed by atoms with Gasteiger partial charge in [-0.3, -0.25) is 4.98 Å². The van der Waals surface area contributed by atoms with Gasteiger partial charge in [-0.2, -0.15) is 0 Å². The zero-order valence-corrected chi connectivity index (χ0v) is 16.7. The summed E-state index contributed by atoms with van der Waals surface area (Å²) in [6.07, 6.45) is 4.09. The first-order valence-corrected chi connectivity index (χ1v) is 9.52. The molecule has 1 aliphatic carbocycles. The van der Waals surface area contributed by atoms with Crippen LogP contribution in [0.2, 0.25) is 0 Å². The molecule has 3 unspecified atom stereocenters. The molecule has 4 N–H and O–H groups in total. The number of ether oxygens (including phenoxy) is 1. The van der Waals surface area contributed by atoms with Crippen LogP contribution in [-0.4, -0.2) is 24.7 Å². The summed E-state index contributed by atoms with van der Waals surface area (Å²) in [5, 5.41) is 0. The van der Waals surface area contributed by atoms with Gasteiger partial charge < -0.3 is 16.2 Å². The average Bonchev–Trinajstić information content (AvgIpc) is 2.58. The molecule has 0 spiro atoms. The standard InChI is InChI=1S/C21H35N3O/c1-13(2)18-10-9-16-20(24-18)17(23)12-19(25-6)21(16,14(3)4)15(5)8-7-11-22/h9-10,12-15,19H,7-8,11,22-23H2,1-6H3. The highest BCUT2D eigenvalue weighted by Crippen LogP contribution is 2.50. The zero-order chi connectivity index (χ0) is 18.8. The van der Waals surface area contributed by atoms with Crippen molar-refractivity contribution in [3.63, 3.8) is 0 Å². The van der Waals surface area contributed by atoms with Crippen LogP contribution < -0.4 is 11.5 Å². The van der Waals surface area contributed by atoms with Crippen molar-refractivity contribution >= 4 is 5.70 Å². The maximum atomic E-state index is 6.40. The van der Waals surface area contributed by atoms with E-state index >= 15 is 0 Å². The Labute approximate surface area is 153 Å². The Balaban J connectivity index is 2.68. The van der Waals surface area contributed by atoms with Gasteiger partial charge in [-0.05, 0) is 54.8 Å². The third-order valence-electron chi connectivity index (χ3n) is 5.92. The Bertz CT molecular complexity index is 624. The van der Waals surface area contributed by atoms with E-state index in [-0.39, 0.29) is 11.5 Å². The largest absolute Gasteiger partial charge is 0.397 e. The maximum Gasteiger partial charge on any atom is 0.0898 e. The fraction of sp³-hybridized carbons (Fsp3) is 0.667. The van der Waals surface area contributed by atoms with Gasteiger partial charge in [0.05, 0.1) is 17.5 Å². The quantitative estimate of drug-likeness (QED) is 0.788. The number of nitrogens with zero attached hydrogens (tertiary/aromatic N) is 1. The molecule has 0 saturated heterocycles. The van der Waals surface area contributed by atoms with Gasteiger partial charge in [-0.1, -0.05) is 40.7 Å². The van der Waals surface area contributed by atoms with Crippen LogP contribution in [0.25, 0.3) is 5.70 Å². The van der Waals surface area contributed by atoms with Crippen molar-refractivity contribution in [1.29, 1.82) is 0 Å². The Kier molecular flexibility index (Phi) is 6.28. The van der Waals surface area contributed by atoms with Gasteiger partial charge in [0.1, 0.15) is 0 Å². The van der Waals surface area contributed by atoms with Crippen molar-refractivity contribution in [2.75, 3.05) is 13.7 Å². The number of hydrogen-bond acceptors (Lipinski definition) is 4. The number of rotatable bonds is 7. The molecule has 4 heteroatoms. The van der Waals surface area contributed by atoms with Gasteiger partial charge in [0.2, 0.25) is 0 Å². The number of hydrogen-bond donors (Lipinski definition) is 2. The van der Waals surface area contributed by atoms with Gasteiger partial charge in [-0.25, -0.2) is 0 Å². The summed E-state index contributed by atoms with van der Waals surface area (Å²) in [5.41, 5.74) is 16.0. The topological polar surface area (TPSA) is 74.2 Å². The van der Waals surface area contributed by atoms with Crippen LogP contribution in [0.5, 0.6) is 0 Å². The van der Waals surface area contributed by atoms with Crippen molar-refractivity contribution in [3.8, 4) is 0 Å². The summed E-state index contributed by atoms with van der Waals surface area (Å²) >= 11 is 0. The van der Waals surface area contributed by atoms with Crippen LogP contribution in [-0.2, 0) is 10.2 Å². The molecule has 1 aromatic rings. The second kappa shape index (κ2) is 7.88. The van der Waals surface area contributed by atoms with Crippen molar-refractivity contribution in [3.05, 3.63) is 35.2 Å². The monoisotopic (exact) mass is 345 g/mol. The highest BCUT2D eigenvalue weighted by Gasteiger charge is 2.50. The van der Waals surface area contributed by atoms with E-state index < -0.39 is 0 Å². The molecule has 0 amide bonds. The van der Waals surface area contributed by atoms with Crippen LogP contribution in [0.4, 0.5) is 0 Å². The molecular weight excluding hydrogens is 310 g/mol. The minimum atomic E-state index is -0.148. The van der Waals surface area contributed by atoms with E-state index in [2.05, 4.69) is 52.8 Å². The molecule has 0 saturated carbocycles. The van der Waals surface area contributed by atoms with E-state index in [1.54, 1.807) is 7.11 Å². The summed E-state index contributed by atoms with van der Waals surface area (Å²) in [7, 11) is 1.78. The molecule has 1 aromatic heterocycles. The van der Waals surface area contributed by atoms with E-state index in [0.29, 0.717) is 24.3 Å². The lowest BCUT2D eigenvalue weighted by atomic mass is 9.57. The Morgan fingerprint density at radius 2 is 1.88 bits per heavy atom. The SMILES string of the molecule is COC1C=C(N)c2nc(C(C)C)ccc2C1(C(C)C)C(C)CCCN. The van der Waals surface area contributed by atoms with Gasteiger partial charge in [0.15, 0.2) is 0 Å². The minimum absolute atomic E-state index is 0.0560. The fourth-order valence-corrected chi connectivity index (χ4v) is 4.58. The summed E-state index contributed by atoms with van der Waals surface area (Å²) in [6, 6.07) is 4.39. The van der Waals surface area contributed by atoms with Crippen molar-refractivity contribution in [2.24, 2.45) is 23.3 Å². The van der Waals surface area contributed by atoms with Crippen LogP contribution in [0.3, 0.4) is 0 Å². The Hall–Kier alpha value is -1.39. The van der Waals surface area contributed by atoms with E-state index in [1.165, 1.54) is 5.56 Å². The lowest BCUT2D eigenvalue weighted by Crippen LogP contribution is -2.52. The van der Waals surface area contributed by atoms with E-state index in [0.717, 1.165) is 29.9 Å². The Morgan fingerprint density at radius 1 is 1.20 bits per heavy atom. The van der Waals surface area contributed by atoms with Gasteiger partial charge in [0.25, 0.3) is 0 Å². The van der Waals surface area contributed by atoms with Crippen LogP contribution in [0.15, 0.2) is 18.2 Å². The van der Waals surface area contributed by atoms with Crippen molar-refractivity contribution in [2.45, 2.75) is 64.9 Å². The normalized spacial score (nSPS) is 24.4. The first-order chi connectivity index (χ1) is 11.8. The molecule has 3 atom stereocenters. The third-order valence-corrected chi connectivity index (χ3v) is 5.92. The zero-order valence-electron chi connectivity index (χ0n) is 16.7. The second-order valence-corrected chi connectivity index (χ2v) is 7.98. The average molecular weight is 346 g/mol. The molecule has 25 heavy (non-hydrogen) atoms. The summed E-state index contributed by atoms with van der Waals surface area (Å²) in [6.45, 7) is 11.9. The smallest absolute Gasteiger partial charge is 0.0898 e. The Morgan fingerprint density at radius 3 is 2.40 bits per heavy atom. The second-order valence-electron chi connectivity index (χ2n) is 7.98. The van der Waals surface area contributed by atoms with E-state index in [9.17, 15) is 0 Å². The van der Waals surface area contributed by atoms with Crippen molar-refractivity contribution in [1.82, 2.24) is 4.98 Å². The van der Waals surface area contributed by atoms with Crippen LogP contribution in [0, 0.1) is 11.8 Å². The maximum absolute atomic E-state index is 6.40. The first kappa shape index (κ1) is 19.9. The fourth-order valence-electron chi connectivity index (χ4n) is 4.58. The highest BCUT2D eigenvalue weighted by atomic mass is 16.5. The number of methoxy groups -OCH3 is 1. The number of pyridine rings is 1. The molecule has 1 heterocycles. The molecule has 1 aliphatic rings. The van der Waals surface area contributed by atoms with E-state index in [4.69, 9.17) is 21.2 Å². The van der Waals surface area contributed by atoms with Crippen LogP contribution >= 0.6 is 0 Å². The third kappa shape index (κ3) is 3.34. The lowest BCUT2D eigenvalue weighted by Gasteiger charge is -2.50.